The Labute approximate surface area is 168 Å². The molecule has 0 aliphatic carbocycles. The van der Waals surface area contributed by atoms with E-state index < -0.39 is 11.6 Å². The Bertz CT molecular complexity index is 1030. The lowest BCUT2D eigenvalue weighted by molar-refractivity contribution is -0.115. The molecule has 1 amide bonds. The van der Waals surface area contributed by atoms with Gasteiger partial charge in [0.2, 0.25) is 5.91 Å². The minimum atomic E-state index is -0.714. The summed E-state index contributed by atoms with van der Waals surface area (Å²) in [5.74, 6) is -0.993. The Kier molecular flexibility index (Phi) is 6.26. The number of aromatic nitrogens is 2. The monoisotopic (exact) mass is 399 g/mol. The third-order valence-corrected chi connectivity index (χ3v) is 4.54. The first-order chi connectivity index (χ1) is 13.9. The summed E-state index contributed by atoms with van der Waals surface area (Å²) in [6, 6.07) is 10.6. The summed E-state index contributed by atoms with van der Waals surface area (Å²) in [5, 5.41) is 7.20. The van der Waals surface area contributed by atoms with E-state index in [0.29, 0.717) is 35.0 Å². The van der Waals surface area contributed by atoms with Gasteiger partial charge in [0.05, 0.1) is 24.4 Å². The quantitative estimate of drug-likeness (QED) is 0.625. The van der Waals surface area contributed by atoms with Crippen LogP contribution in [0.25, 0.3) is 5.69 Å². The van der Waals surface area contributed by atoms with Crippen molar-refractivity contribution in [3.8, 4) is 11.4 Å². The van der Waals surface area contributed by atoms with Crippen molar-refractivity contribution in [1.29, 1.82) is 0 Å². The number of carbonyl (C=O) groups excluding carboxylic acids is 1. The predicted molar refractivity (Wildman–Crippen MR) is 108 cm³/mol. The molecule has 7 heteroatoms. The van der Waals surface area contributed by atoms with Crippen LogP contribution in [0.3, 0.4) is 0 Å². The average molecular weight is 399 g/mol. The van der Waals surface area contributed by atoms with Crippen LogP contribution >= 0.6 is 0 Å². The molecule has 0 saturated carbocycles. The molecule has 0 aliphatic rings. The lowest BCUT2D eigenvalue weighted by atomic mass is 10.1. The molecule has 3 rings (SSSR count). The summed E-state index contributed by atoms with van der Waals surface area (Å²) in [4.78, 5) is 12.6. The van der Waals surface area contributed by atoms with E-state index in [9.17, 15) is 13.6 Å². The highest BCUT2D eigenvalue weighted by molar-refractivity contribution is 5.94. The van der Waals surface area contributed by atoms with Crippen molar-refractivity contribution < 1.29 is 18.3 Å². The maximum Gasteiger partial charge on any atom is 0.229 e. The number of ether oxygens (including phenoxy) is 1. The summed E-state index contributed by atoms with van der Waals surface area (Å²) < 4.78 is 34.4. The van der Waals surface area contributed by atoms with Gasteiger partial charge >= 0.3 is 0 Å². The van der Waals surface area contributed by atoms with E-state index in [1.54, 1.807) is 26.0 Å². The Morgan fingerprint density at radius 1 is 1.17 bits per heavy atom. The third-order valence-electron chi connectivity index (χ3n) is 4.54. The molecule has 0 fully saturated rings. The summed E-state index contributed by atoms with van der Waals surface area (Å²) in [7, 11) is 0. The minimum Gasteiger partial charge on any atom is -0.491 e. The van der Waals surface area contributed by atoms with E-state index >= 15 is 0 Å². The molecule has 0 radical (unpaired) electrons. The van der Waals surface area contributed by atoms with Gasteiger partial charge in [0.25, 0.3) is 0 Å². The van der Waals surface area contributed by atoms with Crippen LogP contribution in [-0.4, -0.2) is 22.3 Å². The van der Waals surface area contributed by atoms with E-state index in [1.807, 2.05) is 19.1 Å². The second kappa shape index (κ2) is 8.86. The number of rotatable bonds is 7. The summed E-state index contributed by atoms with van der Waals surface area (Å²) in [6.45, 7) is 6.07. The number of amides is 1. The van der Waals surface area contributed by atoms with Crippen LogP contribution < -0.4 is 10.1 Å². The van der Waals surface area contributed by atoms with Gasteiger partial charge in [-0.15, -0.1) is 0 Å². The summed E-state index contributed by atoms with van der Waals surface area (Å²) in [6.07, 6.45) is 0.933. The Hall–Kier alpha value is -3.22. The van der Waals surface area contributed by atoms with Crippen LogP contribution in [0, 0.1) is 25.5 Å². The molecule has 1 aromatic heterocycles. The number of para-hydroxylation sites is 2. The SMILES string of the molecule is CCCOc1ccccc1NC(=O)Cc1c(C)nn(-c2ccc(F)cc2F)c1C. The van der Waals surface area contributed by atoms with Crippen molar-refractivity contribution in [2.24, 2.45) is 0 Å². The first kappa shape index (κ1) is 20.5. The van der Waals surface area contributed by atoms with Crippen LogP contribution in [0.4, 0.5) is 14.5 Å². The number of halogens is 2. The van der Waals surface area contributed by atoms with Gasteiger partial charge < -0.3 is 10.1 Å². The van der Waals surface area contributed by atoms with Gasteiger partial charge in [-0.05, 0) is 44.5 Å². The highest BCUT2D eigenvalue weighted by atomic mass is 19.1. The van der Waals surface area contributed by atoms with Crippen LogP contribution in [0.2, 0.25) is 0 Å². The van der Waals surface area contributed by atoms with Gasteiger partial charge in [0, 0.05) is 17.3 Å². The molecule has 1 N–H and O–H groups in total. The number of hydrogen-bond donors (Lipinski definition) is 1. The standard InChI is InChI=1S/C22H23F2N3O2/c1-4-11-29-21-8-6-5-7-19(21)25-22(28)13-17-14(2)26-27(15(17)3)20-10-9-16(23)12-18(20)24/h5-10,12H,4,11,13H2,1-3H3,(H,25,28). The molecule has 29 heavy (non-hydrogen) atoms. The lowest BCUT2D eigenvalue weighted by Gasteiger charge is -2.12. The summed E-state index contributed by atoms with van der Waals surface area (Å²) in [5.41, 5.74) is 2.66. The first-order valence-corrected chi connectivity index (χ1v) is 9.43. The minimum absolute atomic E-state index is 0.0720. The summed E-state index contributed by atoms with van der Waals surface area (Å²) >= 11 is 0. The topological polar surface area (TPSA) is 56.1 Å². The molecule has 152 valence electrons. The van der Waals surface area contributed by atoms with Crippen LogP contribution in [0.15, 0.2) is 42.5 Å². The normalized spacial score (nSPS) is 10.8. The van der Waals surface area contributed by atoms with Crippen molar-refractivity contribution in [3.63, 3.8) is 0 Å². The maximum absolute atomic E-state index is 14.2. The van der Waals surface area contributed by atoms with Gasteiger partial charge in [-0.3, -0.25) is 4.79 Å². The molecule has 0 atom stereocenters. The molecule has 0 saturated heterocycles. The van der Waals surface area contributed by atoms with Crippen molar-refractivity contribution in [2.45, 2.75) is 33.6 Å². The first-order valence-electron chi connectivity index (χ1n) is 9.43. The van der Waals surface area contributed by atoms with Crippen LogP contribution in [0.5, 0.6) is 5.75 Å². The maximum atomic E-state index is 14.2. The van der Waals surface area contributed by atoms with Crippen molar-refractivity contribution >= 4 is 11.6 Å². The molecule has 2 aromatic carbocycles. The third kappa shape index (κ3) is 4.62. The predicted octanol–water partition coefficient (Wildman–Crippen LogP) is 4.74. The van der Waals surface area contributed by atoms with Gasteiger partial charge in [0.1, 0.15) is 17.3 Å². The molecular formula is C22H23F2N3O2. The van der Waals surface area contributed by atoms with Crippen LogP contribution in [-0.2, 0) is 11.2 Å². The van der Waals surface area contributed by atoms with Gasteiger partial charge in [-0.2, -0.15) is 5.10 Å². The smallest absolute Gasteiger partial charge is 0.229 e. The number of nitrogens with one attached hydrogen (secondary N) is 1. The average Bonchev–Trinajstić information content (AvgIpc) is 2.95. The van der Waals surface area contributed by atoms with Crippen molar-refractivity contribution in [2.75, 3.05) is 11.9 Å². The van der Waals surface area contributed by atoms with Crippen molar-refractivity contribution in [1.82, 2.24) is 9.78 Å². The zero-order valence-corrected chi connectivity index (χ0v) is 16.6. The van der Waals surface area contributed by atoms with Crippen molar-refractivity contribution in [3.05, 3.63) is 71.1 Å². The molecule has 0 spiro atoms. The van der Waals surface area contributed by atoms with E-state index in [4.69, 9.17) is 4.74 Å². The Morgan fingerprint density at radius 3 is 2.66 bits per heavy atom. The van der Waals surface area contributed by atoms with Crippen LogP contribution in [0.1, 0.15) is 30.3 Å². The number of aryl methyl sites for hydroxylation is 1. The molecular weight excluding hydrogens is 376 g/mol. The Balaban J connectivity index is 1.81. The zero-order chi connectivity index (χ0) is 21.0. The van der Waals surface area contributed by atoms with E-state index in [0.717, 1.165) is 12.5 Å². The molecule has 0 aliphatic heterocycles. The lowest BCUT2D eigenvalue weighted by Crippen LogP contribution is -2.16. The van der Waals surface area contributed by atoms with Gasteiger partial charge in [-0.1, -0.05) is 19.1 Å². The zero-order valence-electron chi connectivity index (χ0n) is 16.6. The number of hydrogen-bond acceptors (Lipinski definition) is 3. The van der Waals surface area contributed by atoms with Gasteiger partial charge in [0.15, 0.2) is 5.82 Å². The molecule has 5 nitrogen and oxygen atoms in total. The fourth-order valence-electron chi connectivity index (χ4n) is 3.08. The number of nitrogens with zero attached hydrogens (tertiary/aromatic N) is 2. The molecule has 0 bridgehead atoms. The highest BCUT2D eigenvalue weighted by Gasteiger charge is 2.18. The number of carbonyl (C=O) groups is 1. The number of benzene rings is 2. The molecule has 1 heterocycles. The fraction of sp³-hybridized carbons (Fsp3) is 0.273. The second-order valence-electron chi connectivity index (χ2n) is 6.73. The van der Waals surface area contributed by atoms with Gasteiger partial charge in [-0.25, -0.2) is 13.5 Å². The number of anilines is 1. The fourth-order valence-corrected chi connectivity index (χ4v) is 3.08. The molecule has 3 aromatic rings. The Morgan fingerprint density at radius 2 is 1.93 bits per heavy atom. The van der Waals surface area contributed by atoms with E-state index in [2.05, 4.69) is 10.4 Å². The second-order valence-corrected chi connectivity index (χ2v) is 6.73. The largest absolute Gasteiger partial charge is 0.491 e. The van der Waals surface area contributed by atoms with E-state index in [1.165, 1.54) is 16.8 Å². The molecule has 0 unspecified atom stereocenters. The highest BCUT2D eigenvalue weighted by Crippen LogP contribution is 2.25. The van der Waals surface area contributed by atoms with E-state index in [-0.39, 0.29) is 18.0 Å².